The summed E-state index contributed by atoms with van der Waals surface area (Å²) in [6.07, 6.45) is 11.1. The maximum Gasteiger partial charge on any atom is 0.0363 e. The smallest absolute Gasteiger partial charge is 0.0363 e. The van der Waals surface area contributed by atoms with Gasteiger partial charge in [-0.05, 0) is 45.1 Å². The van der Waals surface area contributed by atoms with Gasteiger partial charge in [0.2, 0.25) is 0 Å². The van der Waals surface area contributed by atoms with E-state index in [0.29, 0.717) is 11.6 Å². The summed E-state index contributed by atoms with van der Waals surface area (Å²) in [4.78, 5) is 5.63. The van der Waals surface area contributed by atoms with Gasteiger partial charge in [-0.3, -0.25) is 9.80 Å². The van der Waals surface area contributed by atoms with Crippen LogP contribution >= 0.6 is 0 Å². The summed E-state index contributed by atoms with van der Waals surface area (Å²) in [7, 11) is 0. The molecule has 4 unspecified atom stereocenters. The molecule has 1 saturated carbocycles. The molecule has 0 aromatic heterocycles. The zero-order valence-electron chi connectivity index (χ0n) is 14.2. The molecule has 21 heavy (non-hydrogen) atoms. The van der Waals surface area contributed by atoms with Crippen LogP contribution in [-0.2, 0) is 0 Å². The summed E-state index contributed by atoms with van der Waals surface area (Å²) in [5.74, 6) is 0.814. The number of hydrogen-bond donors (Lipinski definition) is 1. The third-order valence-electron chi connectivity index (χ3n) is 6.78. The zero-order chi connectivity index (χ0) is 14.9. The molecule has 3 aliphatic rings. The second-order valence-corrected chi connectivity index (χ2v) is 7.80. The van der Waals surface area contributed by atoms with E-state index in [4.69, 9.17) is 5.73 Å². The summed E-state index contributed by atoms with van der Waals surface area (Å²) in [5, 5.41) is 0. The van der Waals surface area contributed by atoms with Crippen molar-refractivity contribution >= 4 is 0 Å². The van der Waals surface area contributed by atoms with Crippen molar-refractivity contribution in [2.24, 2.45) is 11.7 Å². The van der Waals surface area contributed by atoms with Gasteiger partial charge in [-0.1, -0.05) is 32.6 Å². The Morgan fingerprint density at radius 3 is 2.67 bits per heavy atom. The third-order valence-corrected chi connectivity index (χ3v) is 6.78. The van der Waals surface area contributed by atoms with E-state index in [9.17, 15) is 0 Å². The Balaban J connectivity index is 1.81. The highest BCUT2D eigenvalue weighted by atomic mass is 15.3. The van der Waals surface area contributed by atoms with E-state index < -0.39 is 0 Å². The van der Waals surface area contributed by atoms with Crippen LogP contribution in [0.1, 0.15) is 65.2 Å². The maximum absolute atomic E-state index is 6.41. The van der Waals surface area contributed by atoms with E-state index in [2.05, 4.69) is 23.6 Å². The molecule has 0 aromatic carbocycles. The van der Waals surface area contributed by atoms with Crippen LogP contribution in [0.25, 0.3) is 0 Å². The Morgan fingerprint density at radius 2 is 1.90 bits per heavy atom. The molecule has 0 spiro atoms. The molecular formula is C18H35N3. The predicted octanol–water partition coefficient (Wildman–Crippen LogP) is 2.84. The minimum Gasteiger partial charge on any atom is -0.329 e. The maximum atomic E-state index is 6.41. The lowest BCUT2D eigenvalue weighted by Crippen LogP contribution is -2.69. The Kier molecular flexibility index (Phi) is 4.92. The van der Waals surface area contributed by atoms with E-state index in [0.717, 1.165) is 18.5 Å². The van der Waals surface area contributed by atoms with Gasteiger partial charge in [0.25, 0.3) is 0 Å². The Labute approximate surface area is 131 Å². The fourth-order valence-electron chi connectivity index (χ4n) is 5.62. The van der Waals surface area contributed by atoms with Gasteiger partial charge in [-0.2, -0.15) is 0 Å². The summed E-state index contributed by atoms with van der Waals surface area (Å²) >= 11 is 0. The molecule has 122 valence electrons. The van der Waals surface area contributed by atoms with E-state index in [1.54, 1.807) is 0 Å². The molecular weight excluding hydrogens is 258 g/mol. The van der Waals surface area contributed by atoms with E-state index in [-0.39, 0.29) is 0 Å². The van der Waals surface area contributed by atoms with Gasteiger partial charge in [-0.25, -0.2) is 0 Å². The SMILES string of the molecule is CCC1CCCCC1(CN)N1CC2CCCCN2CC1C. The van der Waals surface area contributed by atoms with E-state index in [1.165, 1.54) is 71.0 Å². The van der Waals surface area contributed by atoms with Crippen LogP contribution in [0.2, 0.25) is 0 Å². The average molecular weight is 293 g/mol. The zero-order valence-corrected chi connectivity index (χ0v) is 14.2. The van der Waals surface area contributed by atoms with Crippen LogP contribution in [0.15, 0.2) is 0 Å². The minimum atomic E-state index is 0.302. The monoisotopic (exact) mass is 293 g/mol. The number of nitrogens with zero attached hydrogens (tertiary/aromatic N) is 2. The second kappa shape index (κ2) is 6.55. The predicted molar refractivity (Wildman–Crippen MR) is 89.4 cm³/mol. The van der Waals surface area contributed by atoms with Crippen molar-refractivity contribution in [1.82, 2.24) is 9.80 Å². The first-order valence-electron chi connectivity index (χ1n) is 9.42. The standard InChI is InChI=1S/C18H35N3/c1-3-16-8-4-6-10-18(16,14-19)21-13-17-9-5-7-11-20(17)12-15(21)2/h15-17H,3-14,19H2,1-2H3. The van der Waals surface area contributed by atoms with Gasteiger partial charge in [0.05, 0.1) is 0 Å². The molecule has 0 amide bonds. The first-order chi connectivity index (χ1) is 10.2. The van der Waals surface area contributed by atoms with Crippen molar-refractivity contribution in [1.29, 1.82) is 0 Å². The molecule has 3 rings (SSSR count). The normalized spacial score (nSPS) is 42.7. The summed E-state index contributed by atoms with van der Waals surface area (Å²) in [5.41, 5.74) is 6.71. The first-order valence-corrected chi connectivity index (χ1v) is 9.42. The van der Waals surface area contributed by atoms with Crippen LogP contribution < -0.4 is 5.73 Å². The van der Waals surface area contributed by atoms with Gasteiger partial charge in [0.15, 0.2) is 0 Å². The molecule has 3 fully saturated rings. The van der Waals surface area contributed by atoms with Crippen molar-refractivity contribution in [3.05, 3.63) is 0 Å². The van der Waals surface area contributed by atoms with Gasteiger partial charge < -0.3 is 5.73 Å². The largest absolute Gasteiger partial charge is 0.329 e. The van der Waals surface area contributed by atoms with Crippen LogP contribution in [0.4, 0.5) is 0 Å². The number of piperidine rings is 1. The average Bonchev–Trinajstić information content (AvgIpc) is 2.54. The Morgan fingerprint density at radius 1 is 1.10 bits per heavy atom. The molecule has 3 heteroatoms. The molecule has 1 aliphatic carbocycles. The number of fused-ring (bicyclic) bond motifs is 1. The lowest BCUT2D eigenvalue weighted by Gasteiger charge is -2.58. The number of piperazine rings is 1. The fraction of sp³-hybridized carbons (Fsp3) is 1.00. The van der Waals surface area contributed by atoms with Crippen molar-refractivity contribution in [2.75, 3.05) is 26.2 Å². The van der Waals surface area contributed by atoms with Crippen LogP contribution in [-0.4, -0.2) is 53.6 Å². The molecule has 2 N–H and O–H groups in total. The van der Waals surface area contributed by atoms with E-state index in [1.807, 2.05) is 0 Å². The number of rotatable bonds is 3. The quantitative estimate of drug-likeness (QED) is 0.868. The van der Waals surface area contributed by atoms with Gasteiger partial charge in [0.1, 0.15) is 0 Å². The minimum absolute atomic E-state index is 0.302. The van der Waals surface area contributed by atoms with Crippen molar-refractivity contribution in [2.45, 2.75) is 82.8 Å². The number of nitrogens with two attached hydrogens (primary N) is 1. The molecule has 2 saturated heterocycles. The molecule has 0 radical (unpaired) electrons. The topological polar surface area (TPSA) is 32.5 Å². The molecule has 0 bridgehead atoms. The van der Waals surface area contributed by atoms with Gasteiger partial charge in [-0.15, -0.1) is 0 Å². The van der Waals surface area contributed by atoms with Crippen LogP contribution in [0.3, 0.4) is 0 Å². The highest BCUT2D eigenvalue weighted by Crippen LogP contribution is 2.42. The summed E-state index contributed by atoms with van der Waals surface area (Å²) in [6.45, 7) is 9.56. The van der Waals surface area contributed by atoms with Gasteiger partial charge in [0, 0.05) is 37.3 Å². The van der Waals surface area contributed by atoms with Gasteiger partial charge >= 0.3 is 0 Å². The third kappa shape index (κ3) is 2.77. The van der Waals surface area contributed by atoms with Crippen LogP contribution in [0, 0.1) is 5.92 Å². The fourth-order valence-corrected chi connectivity index (χ4v) is 5.62. The highest BCUT2D eigenvalue weighted by molar-refractivity contribution is 5.04. The van der Waals surface area contributed by atoms with Crippen molar-refractivity contribution in [3.63, 3.8) is 0 Å². The molecule has 4 atom stereocenters. The first kappa shape index (κ1) is 15.8. The van der Waals surface area contributed by atoms with Crippen molar-refractivity contribution < 1.29 is 0 Å². The molecule has 3 nitrogen and oxygen atoms in total. The summed E-state index contributed by atoms with van der Waals surface area (Å²) in [6, 6.07) is 1.48. The highest BCUT2D eigenvalue weighted by Gasteiger charge is 2.48. The van der Waals surface area contributed by atoms with Crippen molar-refractivity contribution in [3.8, 4) is 0 Å². The molecule has 2 heterocycles. The summed E-state index contributed by atoms with van der Waals surface area (Å²) < 4.78 is 0. The lowest BCUT2D eigenvalue weighted by molar-refractivity contribution is -0.0826. The molecule has 2 aliphatic heterocycles. The lowest BCUT2D eigenvalue weighted by atomic mass is 9.69. The Bertz CT molecular complexity index is 345. The number of hydrogen-bond acceptors (Lipinski definition) is 3. The second-order valence-electron chi connectivity index (χ2n) is 7.80. The molecule has 0 aromatic rings. The van der Waals surface area contributed by atoms with E-state index >= 15 is 0 Å². The Hall–Kier alpha value is -0.120. The van der Waals surface area contributed by atoms with Crippen LogP contribution in [0.5, 0.6) is 0 Å².